The predicted molar refractivity (Wildman–Crippen MR) is 48.6 cm³/mol. The maximum absolute atomic E-state index is 11.2. The Morgan fingerprint density at radius 2 is 2.15 bits per heavy atom. The Morgan fingerprint density at radius 3 is 2.62 bits per heavy atom. The van der Waals surface area contributed by atoms with Gasteiger partial charge in [-0.1, -0.05) is 0 Å². The smallest absolute Gasteiger partial charge is 0.250 e. The first-order valence-corrected chi connectivity index (χ1v) is 4.57. The first-order valence-electron chi connectivity index (χ1n) is 4.57. The molecule has 5 heteroatoms. The number of nitrogens with zero attached hydrogens (tertiary/aromatic N) is 1. The van der Waals surface area contributed by atoms with Crippen molar-refractivity contribution in [3.8, 4) is 0 Å². The second-order valence-corrected chi connectivity index (χ2v) is 3.45. The number of piperidine rings is 1. The summed E-state index contributed by atoms with van der Waals surface area (Å²) >= 11 is 0. The van der Waals surface area contributed by atoms with Crippen LogP contribution in [0.15, 0.2) is 0 Å². The molecule has 1 fully saturated rings. The van der Waals surface area contributed by atoms with E-state index >= 15 is 0 Å². The second kappa shape index (κ2) is 4.55. The number of carbonyl (C=O) groups is 1. The molecule has 1 aliphatic rings. The Balaban J connectivity index is 2.39. The summed E-state index contributed by atoms with van der Waals surface area (Å²) in [5.74, 6) is 4.86. The minimum Gasteiger partial charge on any atom is -0.393 e. The topological polar surface area (TPSA) is 78.6 Å². The molecular weight excluding hydrogens is 170 g/mol. The number of hydrogen-bond acceptors (Lipinski definition) is 4. The van der Waals surface area contributed by atoms with Crippen LogP contribution in [-0.4, -0.2) is 41.1 Å². The maximum Gasteiger partial charge on any atom is 0.250 e. The van der Waals surface area contributed by atoms with Crippen LogP contribution in [0.2, 0.25) is 0 Å². The largest absolute Gasteiger partial charge is 0.393 e. The third-order valence-corrected chi connectivity index (χ3v) is 2.57. The normalized spacial score (nSPS) is 22.7. The highest BCUT2D eigenvalue weighted by molar-refractivity contribution is 5.80. The molecule has 1 rings (SSSR count). The molecule has 0 aromatic rings. The molecule has 1 aliphatic heterocycles. The number of nitrogens with two attached hydrogens (primary N) is 1. The van der Waals surface area contributed by atoms with Crippen molar-refractivity contribution >= 4 is 5.91 Å². The van der Waals surface area contributed by atoms with Gasteiger partial charge in [-0.3, -0.25) is 15.1 Å². The first kappa shape index (κ1) is 10.4. The number of aliphatic hydroxyl groups is 1. The van der Waals surface area contributed by atoms with E-state index in [1.807, 2.05) is 11.8 Å². The van der Waals surface area contributed by atoms with Gasteiger partial charge in [-0.25, -0.2) is 5.84 Å². The minimum atomic E-state index is -0.204. The number of carbonyl (C=O) groups excluding carboxylic acids is 1. The molecule has 0 aromatic carbocycles. The van der Waals surface area contributed by atoms with Crippen molar-refractivity contribution in [3.05, 3.63) is 0 Å². The number of hydrazine groups is 1. The van der Waals surface area contributed by atoms with E-state index < -0.39 is 0 Å². The first-order chi connectivity index (χ1) is 6.15. The molecule has 13 heavy (non-hydrogen) atoms. The van der Waals surface area contributed by atoms with Gasteiger partial charge in [0.15, 0.2) is 0 Å². The molecule has 0 bridgehead atoms. The average molecular weight is 187 g/mol. The summed E-state index contributed by atoms with van der Waals surface area (Å²) in [7, 11) is 0. The number of likely N-dealkylation sites (tertiary alicyclic amines) is 1. The van der Waals surface area contributed by atoms with Gasteiger partial charge in [0.1, 0.15) is 0 Å². The molecule has 1 unspecified atom stereocenters. The lowest BCUT2D eigenvalue weighted by molar-refractivity contribution is -0.126. The Morgan fingerprint density at radius 1 is 1.62 bits per heavy atom. The second-order valence-electron chi connectivity index (χ2n) is 3.45. The summed E-state index contributed by atoms with van der Waals surface area (Å²) in [5, 5.41) is 9.25. The number of nitrogens with one attached hydrogen (secondary N) is 1. The van der Waals surface area contributed by atoms with Crippen LogP contribution in [0.3, 0.4) is 0 Å². The van der Waals surface area contributed by atoms with Crippen LogP contribution < -0.4 is 11.3 Å². The minimum absolute atomic E-state index is 0.170. The number of aliphatic hydroxyl groups excluding tert-OH is 1. The highest BCUT2D eigenvalue weighted by Crippen LogP contribution is 2.12. The summed E-state index contributed by atoms with van der Waals surface area (Å²) in [5.41, 5.74) is 2.13. The number of hydrogen-bond donors (Lipinski definition) is 3. The Kier molecular flexibility index (Phi) is 3.65. The van der Waals surface area contributed by atoms with Crippen molar-refractivity contribution in [1.29, 1.82) is 0 Å². The molecule has 76 valence electrons. The summed E-state index contributed by atoms with van der Waals surface area (Å²) in [6, 6.07) is -0.197. The molecule has 1 amide bonds. The SMILES string of the molecule is CC(C(=O)NN)N1CCC(O)CC1. The molecule has 1 atom stereocenters. The summed E-state index contributed by atoms with van der Waals surface area (Å²) in [6.45, 7) is 3.34. The van der Waals surface area contributed by atoms with Gasteiger partial charge >= 0.3 is 0 Å². The van der Waals surface area contributed by atoms with Crippen molar-refractivity contribution in [3.63, 3.8) is 0 Å². The van der Waals surface area contributed by atoms with E-state index in [4.69, 9.17) is 5.84 Å². The lowest BCUT2D eigenvalue weighted by Crippen LogP contribution is -2.50. The summed E-state index contributed by atoms with van der Waals surface area (Å²) in [6.07, 6.45) is 1.27. The number of rotatable bonds is 2. The zero-order chi connectivity index (χ0) is 9.84. The fourth-order valence-electron chi connectivity index (χ4n) is 1.56. The van der Waals surface area contributed by atoms with Gasteiger partial charge in [0.2, 0.25) is 0 Å². The van der Waals surface area contributed by atoms with Crippen LogP contribution in [0.1, 0.15) is 19.8 Å². The summed E-state index contributed by atoms with van der Waals surface area (Å²) in [4.78, 5) is 13.2. The molecule has 0 radical (unpaired) electrons. The zero-order valence-electron chi connectivity index (χ0n) is 7.86. The summed E-state index contributed by atoms with van der Waals surface area (Å²) < 4.78 is 0. The fourth-order valence-corrected chi connectivity index (χ4v) is 1.56. The van der Waals surface area contributed by atoms with E-state index in [1.165, 1.54) is 0 Å². The van der Waals surface area contributed by atoms with Crippen LogP contribution in [0.25, 0.3) is 0 Å². The standard InChI is InChI=1S/C8H17N3O2/c1-6(8(13)10-9)11-4-2-7(12)3-5-11/h6-7,12H,2-5,9H2,1H3,(H,10,13). The van der Waals surface area contributed by atoms with Crippen LogP contribution in [0.4, 0.5) is 0 Å². The maximum atomic E-state index is 11.2. The monoisotopic (exact) mass is 187 g/mol. The highest BCUT2D eigenvalue weighted by atomic mass is 16.3. The lowest BCUT2D eigenvalue weighted by Gasteiger charge is -2.33. The average Bonchev–Trinajstić information content (AvgIpc) is 2.17. The van der Waals surface area contributed by atoms with Gasteiger partial charge in [0.25, 0.3) is 5.91 Å². The zero-order valence-corrected chi connectivity index (χ0v) is 7.86. The van der Waals surface area contributed by atoms with Crippen molar-refractivity contribution in [2.24, 2.45) is 5.84 Å². The van der Waals surface area contributed by atoms with E-state index in [1.54, 1.807) is 0 Å². The van der Waals surface area contributed by atoms with Gasteiger partial charge in [-0.05, 0) is 19.8 Å². The van der Waals surface area contributed by atoms with E-state index in [0.29, 0.717) is 0 Å². The van der Waals surface area contributed by atoms with Crippen molar-refractivity contribution < 1.29 is 9.90 Å². The van der Waals surface area contributed by atoms with Crippen LogP contribution in [0, 0.1) is 0 Å². The van der Waals surface area contributed by atoms with Gasteiger partial charge in [-0.15, -0.1) is 0 Å². The number of amides is 1. The molecule has 0 aliphatic carbocycles. The molecule has 1 heterocycles. The van der Waals surface area contributed by atoms with Crippen LogP contribution >= 0.6 is 0 Å². The molecular formula is C8H17N3O2. The quantitative estimate of drug-likeness (QED) is 0.289. The van der Waals surface area contributed by atoms with Gasteiger partial charge < -0.3 is 5.11 Å². The van der Waals surface area contributed by atoms with E-state index in [0.717, 1.165) is 25.9 Å². The van der Waals surface area contributed by atoms with E-state index in [-0.39, 0.29) is 18.1 Å². The molecule has 1 saturated heterocycles. The molecule has 4 N–H and O–H groups in total. The molecule has 0 aromatic heterocycles. The highest BCUT2D eigenvalue weighted by Gasteiger charge is 2.24. The van der Waals surface area contributed by atoms with Crippen molar-refractivity contribution in [2.45, 2.75) is 31.9 Å². The molecule has 0 saturated carbocycles. The van der Waals surface area contributed by atoms with Gasteiger partial charge in [-0.2, -0.15) is 0 Å². The molecule has 5 nitrogen and oxygen atoms in total. The van der Waals surface area contributed by atoms with Crippen LogP contribution in [0.5, 0.6) is 0 Å². The van der Waals surface area contributed by atoms with Gasteiger partial charge in [0.05, 0.1) is 12.1 Å². The predicted octanol–water partition coefficient (Wildman–Crippen LogP) is -1.18. The van der Waals surface area contributed by atoms with Crippen molar-refractivity contribution in [1.82, 2.24) is 10.3 Å². The third-order valence-electron chi connectivity index (χ3n) is 2.57. The van der Waals surface area contributed by atoms with Crippen LogP contribution in [-0.2, 0) is 4.79 Å². The Bertz CT molecular complexity index is 178. The Hall–Kier alpha value is -0.650. The Labute approximate surface area is 77.9 Å². The molecule has 0 spiro atoms. The fraction of sp³-hybridized carbons (Fsp3) is 0.875. The van der Waals surface area contributed by atoms with Crippen molar-refractivity contribution in [2.75, 3.05) is 13.1 Å². The van der Waals surface area contributed by atoms with E-state index in [9.17, 15) is 9.90 Å². The van der Waals surface area contributed by atoms with Gasteiger partial charge in [0, 0.05) is 13.1 Å². The lowest BCUT2D eigenvalue weighted by atomic mass is 10.1. The van der Waals surface area contributed by atoms with E-state index in [2.05, 4.69) is 5.43 Å². The third kappa shape index (κ3) is 2.65.